The minimum atomic E-state index is 0.834. The molecule has 0 nitrogen and oxygen atoms in total. The molecule has 1 rings (SSSR count). The van der Waals surface area contributed by atoms with Crippen LogP contribution in [0.1, 0.15) is 19.8 Å². The average Bonchev–Trinajstić information content (AvgIpc) is 2.62. The molecule has 2 atom stereocenters. The maximum atomic E-state index is 3.76. The van der Waals surface area contributed by atoms with Gasteiger partial charge in [-0.3, -0.25) is 0 Å². The maximum absolute atomic E-state index is 3.76. The summed E-state index contributed by atoms with van der Waals surface area (Å²) in [4.78, 5) is 0. The van der Waals surface area contributed by atoms with Gasteiger partial charge in [0.1, 0.15) is 0 Å². The molecule has 0 saturated heterocycles. The van der Waals surface area contributed by atoms with Gasteiger partial charge in [0.15, 0.2) is 0 Å². The maximum Gasteiger partial charge on any atom is -0.0202 e. The van der Waals surface area contributed by atoms with Crippen molar-refractivity contribution in [2.45, 2.75) is 19.8 Å². The second-order valence-electron chi connectivity index (χ2n) is 2.70. The predicted octanol–water partition coefficient (Wildman–Crippen LogP) is 2.77. The van der Waals surface area contributed by atoms with E-state index in [1.165, 1.54) is 12.8 Å². The van der Waals surface area contributed by atoms with E-state index in [1.807, 2.05) is 0 Å². The predicted molar refractivity (Wildman–Crippen MR) is 41.2 cm³/mol. The van der Waals surface area contributed by atoms with Crippen LogP contribution in [0, 0.1) is 11.8 Å². The monoisotopic (exact) mass is 122 g/mol. The van der Waals surface area contributed by atoms with Crippen LogP contribution in [0.2, 0.25) is 0 Å². The largest absolute Gasteiger partial charge is 0.103 e. The molecule has 0 heterocycles. The minimum absolute atomic E-state index is 0.834. The summed E-state index contributed by atoms with van der Waals surface area (Å²) < 4.78 is 0. The minimum Gasteiger partial charge on any atom is -0.103 e. The van der Waals surface area contributed by atoms with Crippen molar-refractivity contribution in [1.82, 2.24) is 0 Å². The molecule has 0 aromatic rings. The molecule has 0 N–H and O–H groups in total. The highest BCUT2D eigenvalue weighted by Gasteiger charge is 2.32. The molecule has 0 aromatic carbocycles. The molecular formula is C9H14. The zero-order valence-corrected chi connectivity index (χ0v) is 6.01. The average molecular weight is 122 g/mol. The fourth-order valence-electron chi connectivity index (χ4n) is 1.14. The molecule has 0 aromatic heterocycles. The molecular weight excluding hydrogens is 108 g/mol. The Balaban J connectivity index is 2.12. The van der Waals surface area contributed by atoms with Crippen LogP contribution in [-0.2, 0) is 0 Å². The normalized spacial score (nSPS) is 33.0. The fraction of sp³-hybridized carbons (Fsp3) is 0.556. The van der Waals surface area contributed by atoms with Crippen molar-refractivity contribution in [2.75, 3.05) is 0 Å². The van der Waals surface area contributed by atoms with E-state index in [-0.39, 0.29) is 0 Å². The zero-order valence-electron chi connectivity index (χ0n) is 6.01. The zero-order chi connectivity index (χ0) is 6.69. The standard InChI is InChI=1S/C9H14/c1-3-5-6-9-7-8(9)4-2/h3-5,8-9H,2,6-7H2,1H3/b5-3+/t8-,9+/m0/s1. The molecule has 9 heavy (non-hydrogen) atoms. The summed E-state index contributed by atoms with van der Waals surface area (Å²) in [6, 6.07) is 0. The summed E-state index contributed by atoms with van der Waals surface area (Å²) in [6.07, 6.45) is 9.07. The number of rotatable bonds is 3. The van der Waals surface area contributed by atoms with Crippen LogP contribution in [0.3, 0.4) is 0 Å². The van der Waals surface area contributed by atoms with Gasteiger partial charge in [0, 0.05) is 0 Å². The van der Waals surface area contributed by atoms with Crippen LogP contribution < -0.4 is 0 Å². The lowest BCUT2D eigenvalue weighted by Crippen LogP contribution is -1.73. The first-order chi connectivity index (χ1) is 4.38. The van der Waals surface area contributed by atoms with E-state index in [0.29, 0.717) is 0 Å². The van der Waals surface area contributed by atoms with Gasteiger partial charge in [-0.2, -0.15) is 0 Å². The Hall–Kier alpha value is -0.520. The second kappa shape index (κ2) is 2.86. The van der Waals surface area contributed by atoms with Gasteiger partial charge in [0.2, 0.25) is 0 Å². The van der Waals surface area contributed by atoms with E-state index in [2.05, 4.69) is 31.7 Å². The van der Waals surface area contributed by atoms with Gasteiger partial charge in [-0.25, -0.2) is 0 Å². The van der Waals surface area contributed by atoms with E-state index in [9.17, 15) is 0 Å². The Morgan fingerprint density at radius 3 is 2.89 bits per heavy atom. The van der Waals surface area contributed by atoms with Gasteiger partial charge in [-0.15, -0.1) is 6.58 Å². The number of allylic oxidation sites excluding steroid dienone is 3. The third-order valence-corrected chi connectivity index (χ3v) is 1.95. The van der Waals surface area contributed by atoms with Gasteiger partial charge in [0.05, 0.1) is 0 Å². The van der Waals surface area contributed by atoms with Crippen molar-refractivity contribution < 1.29 is 0 Å². The third-order valence-electron chi connectivity index (χ3n) is 1.95. The van der Waals surface area contributed by atoms with Gasteiger partial charge in [-0.1, -0.05) is 18.2 Å². The quantitative estimate of drug-likeness (QED) is 0.505. The first-order valence-electron chi connectivity index (χ1n) is 3.62. The SMILES string of the molecule is C=C[C@H]1C[C@H]1C/C=C/C. The fourth-order valence-corrected chi connectivity index (χ4v) is 1.14. The first-order valence-corrected chi connectivity index (χ1v) is 3.62. The summed E-state index contributed by atoms with van der Waals surface area (Å²) in [7, 11) is 0. The Kier molecular flexibility index (Phi) is 2.10. The summed E-state index contributed by atoms with van der Waals surface area (Å²) in [5, 5.41) is 0. The Bertz CT molecular complexity index is 122. The van der Waals surface area contributed by atoms with E-state index < -0.39 is 0 Å². The van der Waals surface area contributed by atoms with Crippen molar-refractivity contribution >= 4 is 0 Å². The highest BCUT2D eigenvalue weighted by molar-refractivity contribution is 5.00. The van der Waals surface area contributed by atoms with Crippen molar-refractivity contribution in [3.63, 3.8) is 0 Å². The van der Waals surface area contributed by atoms with Gasteiger partial charge in [0.25, 0.3) is 0 Å². The summed E-state index contributed by atoms with van der Waals surface area (Å²) >= 11 is 0. The van der Waals surface area contributed by atoms with Crippen LogP contribution in [0.4, 0.5) is 0 Å². The molecule has 0 aliphatic heterocycles. The van der Waals surface area contributed by atoms with Crippen LogP contribution in [-0.4, -0.2) is 0 Å². The van der Waals surface area contributed by atoms with Crippen molar-refractivity contribution in [1.29, 1.82) is 0 Å². The highest BCUT2D eigenvalue weighted by atomic mass is 14.4. The molecule has 1 aliphatic carbocycles. The number of hydrogen-bond donors (Lipinski definition) is 0. The highest BCUT2D eigenvalue weighted by Crippen LogP contribution is 2.41. The summed E-state index contributed by atoms with van der Waals surface area (Å²) in [6.45, 7) is 5.83. The third kappa shape index (κ3) is 1.70. The topological polar surface area (TPSA) is 0 Å². The first kappa shape index (κ1) is 6.60. The molecule has 0 spiro atoms. The Labute approximate surface area is 57.3 Å². The smallest absolute Gasteiger partial charge is 0.0202 e. The number of hydrogen-bond acceptors (Lipinski definition) is 0. The Morgan fingerprint density at radius 2 is 2.44 bits per heavy atom. The van der Waals surface area contributed by atoms with Crippen LogP contribution in [0.15, 0.2) is 24.8 Å². The van der Waals surface area contributed by atoms with Crippen LogP contribution in [0.5, 0.6) is 0 Å². The Morgan fingerprint density at radius 1 is 1.67 bits per heavy atom. The molecule has 1 aliphatic rings. The summed E-state index contributed by atoms with van der Waals surface area (Å²) in [5.41, 5.74) is 0. The molecule has 0 bridgehead atoms. The molecule has 0 unspecified atom stereocenters. The summed E-state index contributed by atoms with van der Waals surface area (Å²) in [5.74, 6) is 1.76. The lowest BCUT2D eigenvalue weighted by atomic mass is 10.2. The second-order valence-corrected chi connectivity index (χ2v) is 2.70. The van der Waals surface area contributed by atoms with E-state index in [0.717, 1.165) is 11.8 Å². The van der Waals surface area contributed by atoms with E-state index in [1.54, 1.807) is 0 Å². The lowest BCUT2D eigenvalue weighted by Gasteiger charge is -1.85. The molecule has 0 radical (unpaired) electrons. The molecule has 0 heteroatoms. The van der Waals surface area contributed by atoms with Gasteiger partial charge in [-0.05, 0) is 31.6 Å². The molecule has 1 saturated carbocycles. The molecule has 1 fully saturated rings. The molecule has 50 valence electrons. The molecule has 0 amide bonds. The lowest BCUT2D eigenvalue weighted by molar-refractivity contribution is 0.807. The van der Waals surface area contributed by atoms with E-state index in [4.69, 9.17) is 0 Å². The van der Waals surface area contributed by atoms with Crippen LogP contribution >= 0.6 is 0 Å². The van der Waals surface area contributed by atoms with Crippen LogP contribution in [0.25, 0.3) is 0 Å². The van der Waals surface area contributed by atoms with Crippen molar-refractivity contribution in [3.8, 4) is 0 Å². The van der Waals surface area contributed by atoms with Crippen molar-refractivity contribution in [3.05, 3.63) is 24.8 Å². The van der Waals surface area contributed by atoms with E-state index >= 15 is 0 Å². The van der Waals surface area contributed by atoms with Gasteiger partial charge >= 0.3 is 0 Å². The van der Waals surface area contributed by atoms with Crippen molar-refractivity contribution in [2.24, 2.45) is 11.8 Å². The van der Waals surface area contributed by atoms with Gasteiger partial charge < -0.3 is 0 Å².